The van der Waals surface area contributed by atoms with E-state index in [-0.39, 0.29) is 11.5 Å². The quantitative estimate of drug-likeness (QED) is 0.714. The lowest BCUT2D eigenvalue weighted by molar-refractivity contribution is 0.451. The summed E-state index contributed by atoms with van der Waals surface area (Å²) >= 11 is 5.17. The van der Waals surface area contributed by atoms with Gasteiger partial charge in [0.1, 0.15) is 11.5 Å². The Morgan fingerprint density at radius 2 is 1.88 bits per heavy atom. The Balaban J connectivity index is 2.17. The molecule has 6 heteroatoms. The van der Waals surface area contributed by atoms with E-state index in [1.165, 1.54) is 6.07 Å². The van der Waals surface area contributed by atoms with Crippen LogP contribution in [0.4, 0.5) is 0 Å². The van der Waals surface area contributed by atoms with Crippen molar-refractivity contribution < 1.29 is 10.2 Å². The SMILES string of the molecule is Oc1cc(O)cc(-c2n[nH]c(=S)n2C2CC2)c1. The van der Waals surface area contributed by atoms with Gasteiger partial charge >= 0.3 is 0 Å². The van der Waals surface area contributed by atoms with Crippen molar-refractivity contribution in [3.05, 3.63) is 23.0 Å². The molecule has 0 amide bonds. The third-order valence-corrected chi connectivity index (χ3v) is 3.07. The van der Waals surface area contributed by atoms with Gasteiger partial charge in [-0.05, 0) is 37.2 Å². The first-order valence-electron chi connectivity index (χ1n) is 5.35. The zero-order valence-electron chi connectivity index (χ0n) is 8.92. The number of aromatic hydroxyl groups is 2. The topological polar surface area (TPSA) is 74.1 Å². The first kappa shape index (κ1) is 10.3. The molecule has 0 radical (unpaired) electrons. The lowest BCUT2D eigenvalue weighted by atomic mass is 10.2. The van der Waals surface area contributed by atoms with Crippen molar-refractivity contribution >= 4 is 12.2 Å². The van der Waals surface area contributed by atoms with E-state index >= 15 is 0 Å². The predicted molar refractivity (Wildman–Crippen MR) is 64.4 cm³/mol. The van der Waals surface area contributed by atoms with Crippen LogP contribution in [0.25, 0.3) is 11.4 Å². The van der Waals surface area contributed by atoms with Gasteiger partial charge in [0, 0.05) is 17.7 Å². The number of nitrogens with zero attached hydrogens (tertiary/aromatic N) is 2. The van der Waals surface area contributed by atoms with Crippen LogP contribution in [0.1, 0.15) is 18.9 Å². The number of hydrogen-bond acceptors (Lipinski definition) is 4. The maximum Gasteiger partial charge on any atom is 0.195 e. The first-order valence-corrected chi connectivity index (χ1v) is 5.76. The van der Waals surface area contributed by atoms with Crippen molar-refractivity contribution in [3.8, 4) is 22.9 Å². The number of aromatic nitrogens is 3. The maximum atomic E-state index is 9.47. The summed E-state index contributed by atoms with van der Waals surface area (Å²) in [6.07, 6.45) is 2.18. The molecule has 17 heavy (non-hydrogen) atoms. The Morgan fingerprint density at radius 3 is 2.47 bits per heavy atom. The zero-order chi connectivity index (χ0) is 12.0. The van der Waals surface area contributed by atoms with Crippen molar-refractivity contribution in [1.82, 2.24) is 14.8 Å². The molecule has 0 spiro atoms. The molecule has 1 fully saturated rings. The van der Waals surface area contributed by atoms with Gasteiger partial charge in [0.05, 0.1) is 0 Å². The third kappa shape index (κ3) is 1.80. The second-order valence-corrected chi connectivity index (χ2v) is 4.58. The molecule has 1 aromatic heterocycles. The summed E-state index contributed by atoms with van der Waals surface area (Å²) in [5.74, 6) is 0.677. The molecular weight excluding hydrogens is 238 g/mol. The molecule has 0 bridgehead atoms. The standard InChI is InChI=1S/C11H11N3O2S/c15-8-3-6(4-9(16)5-8)10-12-13-11(17)14(10)7-1-2-7/h3-5,7,15-16H,1-2H2,(H,13,17). The van der Waals surface area contributed by atoms with Gasteiger partial charge in [0.15, 0.2) is 10.6 Å². The Morgan fingerprint density at radius 1 is 1.24 bits per heavy atom. The summed E-state index contributed by atoms with van der Waals surface area (Å²) in [7, 11) is 0. The third-order valence-electron chi connectivity index (χ3n) is 2.78. The lowest BCUT2D eigenvalue weighted by Crippen LogP contribution is -1.97. The van der Waals surface area contributed by atoms with Crippen LogP contribution in [0.2, 0.25) is 0 Å². The summed E-state index contributed by atoms with van der Waals surface area (Å²) in [6.45, 7) is 0. The van der Waals surface area contributed by atoms with Crippen LogP contribution >= 0.6 is 12.2 Å². The first-order chi connectivity index (χ1) is 8.15. The number of H-pyrrole nitrogens is 1. The van der Waals surface area contributed by atoms with Crippen LogP contribution in [0.15, 0.2) is 18.2 Å². The van der Waals surface area contributed by atoms with E-state index in [1.54, 1.807) is 12.1 Å². The van der Waals surface area contributed by atoms with Crippen LogP contribution in [-0.2, 0) is 0 Å². The van der Waals surface area contributed by atoms with Crippen LogP contribution in [-0.4, -0.2) is 25.0 Å². The minimum absolute atomic E-state index is 0.0104. The van der Waals surface area contributed by atoms with Crippen LogP contribution in [0, 0.1) is 4.77 Å². The van der Waals surface area contributed by atoms with Crippen molar-refractivity contribution in [3.63, 3.8) is 0 Å². The molecule has 0 unspecified atom stereocenters. The molecule has 3 N–H and O–H groups in total. The smallest absolute Gasteiger partial charge is 0.195 e. The average molecular weight is 249 g/mol. The van der Waals surface area contributed by atoms with Crippen LogP contribution in [0.3, 0.4) is 0 Å². The molecule has 0 saturated heterocycles. The molecule has 0 atom stereocenters. The van der Waals surface area contributed by atoms with E-state index in [0.717, 1.165) is 12.8 Å². The number of phenols is 2. The molecule has 1 saturated carbocycles. The average Bonchev–Trinajstić information content (AvgIpc) is 3.01. The van der Waals surface area contributed by atoms with Crippen molar-refractivity contribution in [1.29, 1.82) is 0 Å². The fraction of sp³-hybridized carbons (Fsp3) is 0.273. The Bertz CT molecular complexity index is 608. The molecule has 1 heterocycles. The zero-order valence-corrected chi connectivity index (χ0v) is 9.74. The number of nitrogens with one attached hydrogen (secondary N) is 1. The van der Waals surface area contributed by atoms with E-state index in [2.05, 4.69) is 10.2 Å². The number of benzene rings is 1. The van der Waals surface area contributed by atoms with Crippen LogP contribution in [0.5, 0.6) is 11.5 Å². The van der Waals surface area contributed by atoms with Gasteiger partial charge in [-0.3, -0.25) is 9.67 Å². The van der Waals surface area contributed by atoms with Crippen molar-refractivity contribution in [2.24, 2.45) is 0 Å². The summed E-state index contributed by atoms with van der Waals surface area (Å²) in [6, 6.07) is 4.79. The number of aromatic amines is 1. The number of phenolic OH excluding ortho intramolecular Hbond substituents is 2. The summed E-state index contributed by atoms with van der Waals surface area (Å²) < 4.78 is 2.51. The van der Waals surface area contributed by atoms with Gasteiger partial charge < -0.3 is 10.2 Å². The van der Waals surface area contributed by atoms with E-state index in [1.807, 2.05) is 4.57 Å². The molecule has 2 aromatic rings. The van der Waals surface area contributed by atoms with E-state index in [4.69, 9.17) is 12.2 Å². The molecule has 88 valence electrons. The highest BCUT2D eigenvalue weighted by Crippen LogP contribution is 2.39. The lowest BCUT2D eigenvalue weighted by Gasteiger charge is -2.05. The number of rotatable bonds is 2. The van der Waals surface area contributed by atoms with Gasteiger partial charge in [0.25, 0.3) is 0 Å². The maximum absolute atomic E-state index is 9.47. The summed E-state index contributed by atoms with van der Waals surface area (Å²) in [5.41, 5.74) is 0.654. The molecule has 1 aliphatic rings. The van der Waals surface area contributed by atoms with E-state index in [9.17, 15) is 10.2 Å². The van der Waals surface area contributed by atoms with Crippen molar-refractivity contribution in [2.45, 2.75) is 18.9 Å². The van der Waals surface area contributed by atoms with Gasteiger partial charge in [-0.1, -0.05) is 0 Å². The number of hydrogen-bond donors (Lipinski definition) is 3. The second kappa shape index (κ2) is 3.59. The fourth-order valence-corrected chi connectivity index (χ4v) is 2.19. The predicted octanol–water partition coefficient (Wildman–Crippen LogP) is 2.35. The fourth-order valence-electron chi connectivity index (χ4n) is 1.90. The molecule has 1 aliphatic carbocycles. The van der Waals surface area contributed by atoms with Crippen LogP contribution < -0.4 is 0 Å². The highest BCUT2D eigenvalue weighted by molar-refractivity contribution is 7.71. The van der Waals surface area contributed by atoms with Gasteiger partial charge in [-0.2, -0.15) is 5.10 Å². The second-order valence-electron chi connectivity index (χ2n) is 4.19. The Labute approximate surface area is 102 Å². The highest BCUT2D eigenvalue weighted by Gasteiger charge is 2.27. The Hall–Kier alpha value is -1.82. The molecule has 3 rings (SSSR count). The van der Waals surface area contributed by atoms with E-state index < -0.39 is 0 Å². The van der Waals surface area contributed by atoms with E-state index in [0.29, 0.717) is 22.2 Å². The minimum Gasteiger partial charge on any atom is -0.508 e. The van der Waals surface area contributed by atoms with Gasteiger partial charge in [-0.25, -0.2) is 0 Å². The molecular formula is C11H11N3O2S. The Kier molecular flexibility index (Phi) is 2.19. The largest absolute Gasteiger partial charge is 0.508 e. The minimum atomic E-state index is 0.0104. The highest BCUT2D eigenvalue weighted by atomic mass is 32.1. The molecule has 1 aromatic carbocycles. The molecule has 0 aliphatic heterocycles. The van der Waals surface area contributed by atoms with Gasteiger partial charge in [-0.15, -0.1) is 0 Å². The summed E-state index contributed by atoms with van der Waals surface area (Å²) in [5, 5.41) is 25.8. The van der Waals surface area contributed by atoms with Crippen molar-refractivity contribution in [2.75, 3.05) is 0 Å². The van der Waals surface area contributed by atoms with Gasteiger partial charge in [0.2, 0.25) is 0 Å². The monoisotopic (exact) mass is 249 g/mol. The normalized spacial score (nSPS) is 15.1. The summed E-state index contributed by atoms with van der Waals surface area (Å²) in [4.78, 5) is 0. The molecule has 5 nitrogen and oxygen atoms in total.